The Morgan fingerprint density at radius 3 is 2.75 bits per heavy atom. The van der Waals surface area contributed by atoms with Crippen molar-refractivity contribution in [1.29, 1.82) is 0 Å². The summed E-state index contributed by atoms with van der Waals surface area (Å²) in [5, 5.41) is 2.40. The molecule has 0 aromatic heterocycles. The number of hydrogen-bond acceptors (Lipinski definition) is 4. The van der Waals surface area contributed by atoms with E-state index in [4.69, 9.17) is 9.47 Å². The summed E-state index contributed by atoms with van der Waals surface area (Å²) in [6.45, 7) is 3.02. The summed E-state index contributed by atoms with van der Waals surface area (Å²) >= 11 is 3.11. The number of carbonyl (C=O) groups excluding carboxylic acids is 2. The van der Waals surface area contributed by atoms with E-state index in [0.717, 1.165) is 0 Å². The molecular weight excluding hydrogens is 333 g/mol. The highest BCUT2D eigenvalue weighted by molar-refractivity contribution is 9.10. The maximum absolute atomic E-state index is 13.4. The lowest BCUT2D eigenvalue weighted by atomic mass is 10.3. The maximum Gasteiger partial charge on any atom is 0.328 e. The van der Waals surface area contributed by atoms with Gasteiger partial charge in [0.2, 0.25) is 0 Å². The highest BCUT2D eigenvalue weighted by atomic mass is 79.9. The predicted octanol–water partition coefficient (Wildman–Crippen LogP) is 2.03. The van der Waals surface area contributed by atoms with E-state index in [1.807, 2.05) is 0 Å². The maximum atomic E-state index is 13.4. The molecule has 0 radical (unpaired) electrons. The average molecular weight is 348 g/mol. The van der Waals surface area contributed by atoms with Crippen molar-refractivity contribution in [3.8, 4) is 5.75 Å². The molecule has 1 unspecified atom stereocenters. The van der Waals surface area contributed by atoms with Gasteiger partial charge in [0.15, 0.2) is 18.2 Å². The van der Waals surface area contributed by atoms with Gasteiger partial charge in [-0.2, -0.15) is 0 Å². The van der Waals surface area contributed by atoms with E-state index in [9.17, 15) is 14.0 Å². The van der Waals surface area contributed by atoms with Crippen LogP contribution in [0.4, 0.5) is 4.39 Å². The Bertz CT molecular complexity index is 495. The molecule has 7 heteroatoms. The van der Waals surface area contributed by atoms with Crippen molar-refractivity contribution in [3.63, 3.8) is 0 Å². The van der Waals surface area contributed by atoms with Crippen LogP contribution in [0.25, 0.3) is 0 Å². The topological polar surface area (TPSA) is 64.6 Å². The molecule has 1 rings (SSSR count). The Kier molecular flexibility index (Phi) is 6.44. The number of carbonyl (C=O) groups is 2. The number of hydrogen-bond donors (Lipinski definition) is 1. The zero-order chi connectivity index (χ0) is 15.1. The Morgan fingerprint density at radius 1 is 1.45 bits per heavy atom. The average Bonchev–Trinajstić information content (AvgIpc) is 2.37. The molecule has 0 bridgehead atoms. The van der Waals surface area contributed by atoms with Crippen molar-refractivity contribution in [3.05, 3.63) is 28.5 Å². The van der Waals surface area contributed by atoms with E-state index in [-0.39, 0.29) is 19.0 Å². The Hall–Kier alpha value is -1.63. The van der Waals surface area contributed by atoms with Crippen molar-refractivity contribution in [1.82, 2.24) is 5.32 Å². The molecule has 1 N–H and O–H groups in total. The van der Waals surface area contributed by atoms with Gasteiger partial charge in [-0.3, -0.25) is 4.79 Å². The van der Waals surface area contributed by atoms with Gasteiger partial charge in [0, 0.05) is 4.47 Å². The molecule has 0 saturated heterocycles. The van der Waals surface area contributed by atoms with Crippen LogP contribution in [0, 0.1) is 5.82 Å². The minimum Gasteiger partial charge on any atom is -0.481 e. The molecule has 1 amide bonds. The van der Waals surface area contributed by atoms with Crippen LogP contribution >= 0.6 is 15.9 Å². The molecule has 5 nitrogen and oxygen atoms in total. The van der Waals surface area contributed by atoms with Crippen LogP contribution in [0.5, 0.6) is 5.75 Å². The fourth-order valence-corrected chi connectivity index (χ4v) is 1.68. The highest BCUT2D eigenvalue weighted by Crippen LogP contribution is 2.21. The van der Waals surface area contributed by atoms with Crippen molar-refractivity contribution >= 4 is 27.8 Å². The lowest BCUT2D eigenvalue weighted by Crippen LogP contribution is -2.41. The van der Waals surface area contributed by atoms with Gasteiger partial charge in [0.05, 0.1) is 6.61 Å². The number of rotatable bonds is 6. The second-order valence-corrected chi connectivity index (χ2v) is 4.82. The standard InChI is InChI=1S/C13H15BrFNO4/c1-3-19-13(18)8(2)16-12(17)7-20-11-5-4-9(14)6-10(11)15/h4-6,8H,3,7H2,1-2H3,(H,16,17). The number of esters is 1. The molecule has 1 aromatic carbocycles. The summed E-state index contributed by atoms with van der Waals surface area (Å²) in [4.78, 5) is 22.8. The lowest BCUT2D eigenvalue weighted by molar-refractivity contribution is -0.147. The van der Waals surface area contributed by atoms with Crippen LogP contribution in [0.3, 0.4) is 0 Å². The van der Waals surface area contributed by atoms with Crippen molar-refractivity contribution < 1.29 is 23.5 Å². The van der Waals surface area contributed by atoms with Crippen molar-refractivity contribution in [2.24, 2.45) is 0 Å². The SMILES string of the molecule is CCOC(=O)C(C)NC(=O)COc1ccc(Br)cc1F. The lowest BCUT2D eigenvalue weighted by Gasteiger charge is -2.13. The fourth-order valence-electron chi connectivity index (χ4n) is 1.34. The molecule has 0 aliphatic heterocycles. The largest absolute Gasteiger partial charge is 0.481 e. The third-order valence-electron chi connectivity index (χ3n) is 2.27. The van der Waals surface area contributed by atoms with Crippen LogP contribution in [-0.2, 0) is 14.3 Å². The minimum absolute atomic E-state index is 0.0351. The highest BCUT2D eigenvalue weighted by Gasteiger charge is 2.17. The van der Waals surface area contributed by atoms with Gasteiger partial charge in [-0.15, -0.1) is 0 Å². The van der Waals surface area contributed by atoms with Crippen LogP contribution in [0.1, 0.15) is 13.8 Å². The Labute approximate surface area is 124 Å². The van der Waals surface area contributed by atoms with E-state index >= 15 is 0 Å². The first-order valence-corrected chi connectivity index (χ1v) is 6.77. The van der Waals surface area contributed by atoms with Gasteiger partial charge >= 0.3 is 5.97 Å². The number of benzene rings is 1. The monoisotopic (exact) mass is 347 g/mol. The fraction of sp³-hybridized carbons (Fsp3) is 0.385. The Morgan fingerprint density at radius 2 is 2.15 bits per heavy atom. The normalized spacial score (nSPS) is 11.6. The van der Waals surface area contributed by atoms with Gasteiger partial charge in [-0.1, -0.05) is 15.9 Å². The smallest absolute Gasteiger partial charge is 0.328 e. The third-order valence-corrected chi connectivity index (χ3v) is 2.76. The summed E-state index contributed by atoms with van der Waals surface area (Å²) in [6.07, 6.45) is 0. The molecule has 0 spiro atoms. The number of ether oxygens (including phenoxy) is 2. The van der Waals surface area contributed by atoms with E-state index in [0.29, 0.717) is 4.47 Å². The first-order chi connectivity index (χ1) is 9.43. The summed E-state index contributed by atoms with van der Waals surface area (Å²) in [7, 11) is 0. The number of amides is 1. The van der Waals surface area contributed by atoms with Gasteiger partial charge in [-0.25, -0.2) is 9.18 Å². The number of halogens is 2. The molecule has 110 valence electrons. The van der Waals surface area contributed by atoms with Crippen molar-refractivity contribution in [2.75, 3.05) is 13.2 Å². The van der Waals surface area contributed by atoms with E-state index in [1.54, 1.807) is 13.0 Å². The van der Waals surface area contributed by atoms with Crippen LogP contribution in [-0.4, -0.2) is 31.1 Å². The summed E-state index contributed by atoms with van der Waals surface area (Å²) in [5.74, 6) is -1.68. The molecular formula is C13H15BrFNO4. The van der Waals surface area contributed by atoms with Gasteiger partial charge < -0.3 is 14.8 Å². The summed E-state index contributed by atoms with van der Waals surface area (Å²) in [6, 6.07) is 3.45. The van der Waals surface area contributed by atoms with Gasteiger partial charge in [0.25, 0.3) is 5.91 Å². The van der Waals surface area contributed by atoms with Gasteiger partial charge in [0.1, 0.15) is 6.04 Å². The molecule has 1 atom stereocenters. The van der Waals surface area contributed by atoms with Crippen molar-refractivity contribution in [2.45, 2.75) is 19.9 Å². The van der Waals surface area contributed by atoms with Gasteiger partial charge in [-0.05, 0) is 32.0 Å². The molecule has 0 heterocycles. The van der Waals surface area contributed by atoms with E-state index < -0.39 is 23.7 Å². The zero-order valence-corrected chi connectivity index (χ0v) is 12.7. The summed E-state index contributed by atoms with van der Waals surface area (Å²) < 4.78 is 23.8. The van der Waals surface area contributed by atoms with Crippen LogP contribution in [0.2, 0.25) is 0 Å². The molecule has 0 aliphatic rings. The second kappa shape index (κ2) is 7.84. The number of nitrogens with one attached hydrogen (secondary N) is 1. The molecule has 0 saturated carbocycles. The van der Waals surface area contributed by atoms with Crippen LogP contribution in [0.15, 0.2) is 22.7 Å². The molecule has 20 heavy (non-hydrogen) atoms. The van der Waals surface area contributed by atoms with Crippen LogP contribution < -0.4 is 10.1 Å². The predicted molar refractivity (Wildman–Crippen MR) is 73.8 cm³/mol. The quantitative estimate of drug-likeness (QED) is 0.799. The Balaban J connectivity index is 2.45. The van der Waals surface area contributed by atoms with E-state index in [1.165, 1.54) is 19.1 Å². The molecule has 1 aromatic rings. The second-order valence-electron chi connectivity index (χ2n) is 3.90. The molecule has 0 aliphatic carbocycles. The first-order valence-electron chi connectivity index (χ1n) is 5.98. The minimum atomic E-state index is -0.777. The van der Waals surface area contributed by atoms with E-state index in [2.05, 4.69) is 21.2 Å². The zero-order valence-electron chi connectivity index (χ0n) is 11.1. The molecule has 0 fully saturated rings. The first kappa shape index (κ1) is 16.4. The third kappa shape index (κ3) is 5.16. The summed E-state index contributed by atoms with van der Waals surface area (Å²) in [5.41, 5.74) is 0.